The molecule has 0 unspecified atom stereocenters. The summed E-state index contributed by atoms with van der Waals surface area (Å²) in [5, 5.41) is 17.1. The summed E-state index contributed by atoms with van der Waals surface area (Å²) in [5.74, 6) is -2.13. The van der Waals surface area contributed by atoms with E-state index in [0.717, 1.165) is 4.68 Å². The molecule has 1 heterocycles. The zero-order valence-electron chi connectivity index (χ0n) is 13.5. The number of nitrogens with one attached hydrogen (secondary N) is 1. The molecule has 10 heteroatoms. The molecule has 0 atom stereocenters. The van der Waals surface area contributed by atoms with E-state index in [2.05, 4.69) is 10.4 Å². The number of benzene rings is 1. The molecule has 132 valence electrons. The average molecular weight is 350 g/mol. The average Bonchev–Trinajstić information content (AvgIpc) is 2.81. The Labute approximate surface area is 141 Å². The summed E-state index contributed by atoms with van der Waals surface area (Å²) in [6, 6.07) is 5.56. The van der Waals surface area contributed by atoms with Crippen LogP contribution in [0, 0.1) is 29.8 Å². The van der Waals surface area contributed by atoms with E-state index in [0.29, 0.717) is 0 Å². The minimum atomic E-state index is -0.802. The highest BCUT2D eigenvalue weighted by atomic mass is 19.1. The van der Waals surface area contributed by atoms with Gasteiger partial charge in [0.2, 0.25) is 0 Å². The smallest absolute Gasteiger partial charge is 0.328 e. The van der Waals surface area contributed by atoms with Crippen molar-refractivity contribution in [2.75, 3.05) is 11.9 Å². The van der Waals surface area contributed by atoms with Crippen LogP contribution in [0.5, 0.6) is 0 Å². The number of anilines is 1. The number of aromatic nitrogens is 2. The molecule has 0 radical (unpaired) electrons. The van der Waals surface area contributed by atoms with Crippen LogP contribution in [0.1, 0.15) is 11.4 Å². The van der Waals surface area contributed by atoms with Gasteiger partial charge in [-0.25, -0.2) is 4.39 Å². The number of carbonyl (C=O) groups is 2. The third-order valence-electron chi connectivity index (χ3n) is 3.32. The van der Waals surface area contributed by atoms with Gasteiger partial charge in [-0.2, -0.15) is 5.10 Å². The summed E-state index contributed by atoms with van der Waals surface area (Å²) in [6.45, 7) is 1.91. The minimum absolute atomic E-state index is 0.0299. The molecule has 2 aromatic rings. The van der Waals surface area contributed by atoms with Crippen LogP contribution >= 0.6 is 0 Å². The SMILES string of the molecule is Cc1nn(CC(=O)OCC(=O)Nc2ccccc2F)c(C)c1[N+](=O)[O-]. The number of carbonyl (C=O) groups excluding carboxylic acids is 2. The summed E-state index contributed by atoms with van der Waals surface area (Å²) in [6.07, 6.45) is 0. The van der Waals surface area contributed by atoms with Crippen molar-refractivity contribution in [1.82, 2.24) is 9.78 Å². The van der Waals surface area contributed by atoms with E-state index in [1.54, 1.807) is 6.07 Å². The Morgan fingerprint density at radius 1 is 1.36 bits per heavy atom. The van der Waals surface area contributed by atoms with E-state index in [1.165, 1.54) is 32.0 Å². The number of para-hydroxylation sites is 1. The van der Waals surface area contributed by atoms with Gasteiger partial charge in [0.05, 0.1) is 10.6 Å². The standard InChI is InChI=1S/C15H15FN4O5/c1-9-15(20(23)24)10(2)19(18-9)7-14(22)25-8-13(21)17-12-6-4-3-5-11(12)16/h3-6H,7-8H2,1-2H3,(H,17,21). The van der Waals surface area contributed by atoms with E-state index in [4.69, 9.17) is 4.74 Å². The number of esters is 1. The summed E-state index contributed by atoms with van der Waals surface area (Å²) >= 11 is 0. The van der Waals surface area contributed by atoms with E-state index >= 15 is 0 Å². The number of ether oxygens (including phenoxy) is 1. The van der Waals surface area contributed by atoms with Crippen molar-refractivity contribution in [2.24, 2.45) is 0 Å². The van der Waals surface area contributed by atoms with Crippen LogP contribution in [0.25, 0.3) is 0 Å². The third kappa shape index (κ3) is 4.37. The Kier molecular flexibility index (Phi) is 5.42. The van der Waals surface area contributed by atoms with Crippen LogP contribution in [-0.4, -0.2) is 33.2 Å². The van der Waals surface area contributed by atoms with Crippen molar-refractivity contribution in [2.45, 2.75) is 20.4 Å². The largest absolute Gasteiger partial charge is 0.454 e. The first-order valence-electron chi connectivity index (χ1n) is 7.18. The van der Waals surface area contributed by atoms with Crippen LogP contribution < -0.4 is 5.32 Å². The van der Waals surface area contributed by atoms with Gasteiger partial charge in [0, 0.05) is 0 Å². The maximum Gasteiger partial charge on any atom is 0.328 e. The van der Waals surface area contributed by atoms with Crippen molar-refractivity contribution in [3.8, 4) is 0 Å². The molecule has 0 saturated heterocycles. The van der Waals surface area contributed by atoms with Crippen molar-refractivity contribution >= 4 is 23.3 Å². The number of amides is 1. The lowest BCUT2D eigenvalue weighted by molar-refractivity contribution is -0.386. The Balaban J connectivity index is 1.91. The molecular weight excluding hydrogens is 335 g/mol. The fraction of sp³-hybridized carbons (Fsp3) is 0.267. The van der Waals surface area contributed by atoms with Gasteiger partial charge in [0.15, 0.2) is 6.61 Å². The quantitative estimate of drug-likeness (QED) is 0.482. The number of rotatable bonds is 6. The van der Waals surface area contributed by atoms with Gasteiger partial charge in [-0.05, 0) is 26.0 Å². The highest BCUT2D eigenvalue weighted by Gasteiger charge is 2.23. The number of hydrogen-bond donors (Lipinski definition) is 1. The molecule has 1 amide bonds. The number of hydrogen-bond acceptors (Lipinski definition) is 6. The molecule has 0 aliphatic heterocycles. The molecule has 0 fully saturated rings. The summed E-state index contributed by atoms with van der Waals surface area (Å²) in [5.41, 5.74) is 0.172. The third-order valence-corrected chi connectivity index (χ3v) is 3.32. The second-order valence-electron chi connectivity index (χ2n) is 5.12. The first-order valence-corrected chi connectivity index (χ1v) is 7.18. The van der Waals surface area contributed by atoms with Crippen molar-refractivity contribution < 1.29 is 23.6 Å². The maximum atomic E-state index is 13.4. The number of halogens is 1. The highest BCUT2D eigenvalue weighted by Crippen LogP contribution is 2.21. The van der Waals surface area contributed by atoms with Crippen molar-refractivity contribution in [3.05, 3.63) is 51.6 Å². The van der Waals surface area contributed by atoms with Gasteiger partial charge in [-0.1, -0.05) is 12.1 Å². The highest BCUT2D eigenvalue weighted by molar-refractivity contribution is 5.92. The Morgan fingerprint density at radius 2 is 2.04 bits per heavy atom. The van der Waals surface area contributed by atoms with Crippen LogP contribution in [0.4, 0.5) is 15.8 Å². The fourth-order valence-electron chi connectivity index (χ4n) is 2.17. The first kappa shape index (κ1) is 18.0. The second-order valence-corrected chi connectivity index (χ2v) is 5.12. The lowest BCUT2D eigenvalue weighted by Crippen LogP contribution is -2.24. The molecule has 2 rings (SSSR count). The molecule has 1 aromatic carbocycles. The predicted molar refractivity (Wildman–Crippen MR) is 84.3 cm³/mol. The minimum Gasteiger partial charge on any atom is -0.454 e. The van der Waals surface area contributed by atoms with Crippen LogP contribution in [0.2, 0.25) is 0 Å². The molecule has 0 spiro atoms. The first-order chi connectivity index (χ1) is 11.8. The number of aryl methyl sites for hydroxylation is 1. The fourth-order valence-corrected chi connectivity index (χ4v) is 2.17. The van der Waals surface area contributed by atoms with E-state index in [9.17, 15) is 24.1 Å². The molecule has 0 aliphatic carbocycles. The van der Waals surface area contributed by atoms with Crippen LogP contribution in [0.3, 0.4) is 0 Å². The monoisotopic (exact) mass is 350 g/mol. The van der Waals surface area contributed by atoms with E-state index in [1.807, 2.05) is 0 Å². The normalized spacial score (nSPS) is 10.4. The molecule has 1 aromatic heterocycles. The number of nitrogens with zero attached hydrogens (tertiary/aromatic N) is 3. The van der Waals surface area contributed by atoms with Crippen molar-refractivity contribution in [1.29, 1.82) is 0 Å². The van der Waals surface area contributed by atoms with Gasteiger partial charge in [-0.15, -0.1) is 0 Å². The molecule has 0 saturated carbocycles. The molecule has 0 aliphatic rings. The van der Waals surface area contributed by atoms with E-state index in [-0.39, 0.29) is 29.3 Å². The van der Waals surface area contributed by atoms with Gasteiger partial charge < -0.3 is 10.1 Å². The Hall–Kier alpha value is -3.30. The number of nitro groups is 1. The summed E-state index contributed by atoms with van der Waals surface area (Å²) in [7, 11) is 0. The lowest BCUT2D eigenvalue weighted by atomic mass is 10.3. The van der Waals surface area contributed by atoms with Crippen LogP contribution in [-0.2, 0) is 20.9 Å². The molecule has 9 nitrogen and oxygen atoms in total. The van der Waals surface area contributed by atoms with E-state index < -0.39 is 29.2 Å². The molecule has 0 bridgehead atoms. The topological polar surface area (TPSA) is 116 Å². The van der Waals surface area contributed by atoms with Gasteiger partial charge in [0.1, 0.15) is 23.7 Å². The van der Waals surface area contributed by atoms with Crippen LogP contribution in [0.15, 0.2) is 24.3 Å². The molecule has 1 N–H and O–H groups in total. The van der Waals surface area contributed by atoms with Gasteiger partial charge in [-0.3, -0.25) is 24.4 Å². The van der Waals surface area contributed by atoms with Gasteiger partial charge in [0.25, 0.3) is 5.91 Å². The maximum absolute atomic E-state index is 13.4. The second kappa shape index (κ2) is 7.51. The Morgan fingerprint density at radius 3 is 2.64 bits per heavy atom. The Bertz CT molecular complexity index is 833. The van der Waals surface area contributed by atoms with Gasteiger partial charge >= 0.3 is 11.7 Å². The molecular formula is C15H15FN4O5. The predicted octanol–water partition coefficient (Wildman–Crippen LogP) is 1.73. The summed E-state index contributed by atoms with van der Waals surface area (Å²) in [4.78, 5) is 33.8. The summed E-state index contributed by atoms with van der Waals surface area (Å²) < 4.78 is 19.3. The molecule has 25 heavy (non-hydrogen) atoms. The zero-order chi connectivity index (χ0) is 18.6. The lowest BCUT2D eigenvalue weighted by Gasteiger charge is -2.08. The zero-order valence-corrected chi connectivity index (χ0v) is 13.5. The van der Waals surface area contributed by atoms with Crippen molar-refractivity contribution in [3.63, 3.8) is 0 Å².